The zero-order valence-electron chi connectivity index (χ0n) is 14.7. The van der Waals surface area contributed by atoms with Gasteiger partial charge in [-0.3, -0.25) is 0 Å². The molecule has 0 bridgehead atoms. The van der Waals surface area contributed by atoms with Crippen molar-refractivity contribution in [2.24, 2.45) is 0 Å². The Labute approximate surface area is 166 Å². The lowest BCUT2D eigenvalue weighted by Gasteiger charge is -2.24. The van der Waals surface area contributed by atoms with Gasteiger partial charge in [0, 0.05) is 0 Å². The van der Waals surface area contributed by atoms with Gasteiger partial charge < -0.3 is 21.7 Å². The van der Waals surface area contributed by atoms with E-state index >= 15 is 0 Å². The van der Waals surface area contributed by atoms with E-state index < -0.39 is 7.26 Å². The summed E-state index contributed by atoms with van der Waals surface area (Å²) in [7, 11) is -2.54. The highest BCUT2D eigenvalue weighted by Crippen LogP contribution is 2.56. The topological polar surface area (TPSA) is 26.3 Å². The Bertz CT molecular complexity index is 711. The lowest BCUT2D eigenvalue weighted by atomic mass is 10.4. The molecule has 0 saturated heterocycles. The number of rotatable bonds is 6. The van der Waals surface area contributed by atoms with Crippen molar-refractivity contribution in [1.29, 1.82) is 0 Å². The van der Waals surface area contributed by atoms with Crippen LogP contribution in [0.4, 0.5) is 4.79 Å². The van der Waals surface area contributed by atoms with Gasteiger partial charge in [-0.25, -0.2) is 4.79 Å². The minimum absolute atomic E-state index is 0. The SMILES string of the molecule is CCCOC(=O)[P+](c1ccccc1)(c1ccccc1)c1ccccc1.[Br-]. The molecule has 0 fully saturated rings. The zero-order valence-corrected chi connectivity index (χ0v) is 17.2. The maximum Gasteiger partial charge on any atom is 0.466 e. The van der Waals surface area contributed by atoms with E-state index in [-0.39, 0.29) is 22.7 Å². The van der Waals surface area contributed by atoms with Crippen LogP contribution in [0.1, 0.15) is 13.3 Å². The summed E-state index contributed by atoms with van der Waals surface area (Å²) in [6, 6.07) is 30.1. The van der Waals surface area contributed by atoms with Crippen molar-refractivity contribution >= 4 is 28.9 Å². The summed E-state index contributed by atoms with van der Waals surface area (Å²) in [5, 5.41) is 3.07. The fraction of sp³-hybridized carbons (Fsp3) is 0.136. The van der Waals surface area contributed by atoms with E-state index in [1.54, 1.807) is 0 Å². The van der Waals surface area contributed by atoms with Crippen molar-refractivity contribution < 1.29 is 26.5 Å². The number of carbonyl (C=O) groups excluding carboxylic acids is 1. The Morgan fingerprint density at radius 1 is 0.731 bits per heavy atom. The second kappa shape index (κ2) is 9.66. The molecule has 0 amide bonds. The van der Waals surface area contributed by atoms with E-state index in [0.717, 1.165) is 22.3 Å². The van der Waals surface area contributed by atoms with Gasteiger partial charge in [0.15, 0.2) is 0 Å². The highest BCUT2D eigenvalue weighted by molar-refractivity contribution is 8.07. The molecule has 0 saturated carbocycles. The third kappa shape index (κ3) is 3.90. The maximum absolute atomic E-state index is 13.5. The molecule has 0 aliphatic carbocycles. The average Bonchev–Trinajstić information content (AvgIpc) is 2.69. The Balaban J connectivity index is 0.00000243. The van der Waals surface area contributed by atoms with E-state index in [1.807, 2.05) is 97.9 Å². The van der Waals surface area contributed by atoms with Crippen molar-refractivity contribution in [3.05, 3.63) is 91.0 Å². The molecule has 3 aromatic rings. The molecule has 134 valence electrons. The first-order valence-corrected chi connectivity index (χ1v) is 10.3. The van der Waals surface area contributed by atoms with Crippen LogP contribution in [0, 0.1) is 0 Å². The maximum atomic E-state index is 13.5. The highest BCUT2D eigenvalue weighted by Gasteiger charge is 2.55. The smallest absolute Gasteiger partial charge is 0.466 e. The largest absolute Gasteiger partial charge is 1.00 e. The summed E-state index contributed by atoms with van der Waals surface area (Å²) in [6.07, 6.45) is 0.810. The van der Waals surface area contributed by atoms with Gasteiger partial charge in [0.25, 0.3) is 0 Å². The quantitative estimate of drug-likeness (QED) is 0.556. The molecule has 0 radical (unpaired) electrons. The lowest BCUT2D eigenvalue weighted by molar-refractivity contribution is -0.00000952. The van der Waals surface area contributed by atoms with Crippen LogP contribution >= 0.6 is 7.26 Å². The molecular weight excluding hydrogens is 407 g/mol. The summed E-state index contributed by atoms with van der Waals surface area (Å²) in [5.41, 5.74) is -0.127. The van der Waals surface area contributed by atoms with Gasteiger partial charge in [0.2, 0.25) is 7.26 Å². The number of carbonyl (C=O) groups is 1. The molecule has 0 aliphatic heterocycles. The minimum atomic E-state index is -2.54. The van der Waals surface area contributed by atoms with Gasteiger partial charge in [0.05, 0.1) is 6.61 Å². The summed E-state index contributed by atoms with van der Waals surface area (Å²) in [6.45, 7) is 2.45. The second-order valence-electron chi connectivity index (χ2n) is 5.79. The predicted molar refractivity (Wildman–Crippen MR) is 107 cm³/mol. The van der Waals surface area contributed by atoms with Crippen molar-refractivity contribution in [2.45, 2.75) is 13.3 Å². The third-order valence-corrected chi connectivity index (χ3v) is 8.03. The normalized spacial score (nSPS) is 10.7. The average molecular weight is 429 g/mol. The van der Waals surface area contributed by atoms with Crippen LogP contribution in [0.5, 0.6) is 0 Å². The second-order valence-corrected chi connectivity index (χ2v) is 9.05. The molecule has 3 rings (SSSR count). The molecule has 4 heteroatoms. The van der Waals surface area contributed by atoms with Gasteiger partial charge in [0.1, 0.15) is 15.9 Å². The molecular formula is C22H22BrO2P. The summed E-state index contributed by atoms with van der Waals surface area (Å²) in [4.78, 5) is 13.5. The van der Waals surface area contributed by atoms with Crippen LogP contribution in [-0.2, 0) is 4.74 Å². The predicted octanol–water partition coefficient (Wildman–Crippen LogP) is 1.53. The summed E-state index contributed by atoms with van der Waals surface area (Å²) >= 11 is 0. The van der Waals surface area contributed by atoms with E-state index in [0.29, 0.717) is 6.61 Å². The van der Waals surface area contributed by atoms with Crippen LogP contribution in [0.3, 0.4) is 0 Å². The van der Waals surface area contributed by atoms with Crippen molar-refractivity contribution in [2.75, 3.05) is 6.61 Å². The van der Waals surface area contributed by atoms with Gasteiger partial charge >= 0.3 is 5.71 Å². The molecule has 0 heterocycles. The number of ether oxygens (including phenoxy) is 1. The number of halogens is 1. The minimum Gasteiger partial charge on any atom is -1.00 e. The van der Waals surface area contributed by atoms with Gasteiger partial charge in [-0.1, -0.05) is 61.5 Å². The molecule has 0 N–H and O–H groups in total. The third-order valence-electron chi connectivity index (χ3n) is 4.13. The molecule has 0 aliphatic rings. The zero-order chi connectivity index (χ0) is 17.5. The molecule has 0 atom stereocenters. The van der Waals surface area contributed by atoms with E-state index in [1.165, 1.54) is 0 Å². The van der Waals surface area contributed by atoms with Crippen LogP contribution < -0.4 is 32.9 Å². The highest BCUT2D eigenvalue weighted by atomic mass is 79.9. The number of benzene rings is 3. The van der Waals surface area contributed by atoms with E-state index in [9.17, 15) is 4.79 Å². The molecule has 0 spiro atoms. The first kappa shape index (κ1) is 20.4. The first-order chi connectivity index (χ1) is 12.3. The monoisotopic (exact) mass is 428 g/mol. The Morgan fingerprint density at radius 2 is 1.08 bits per heavy atom. The van der Waals surface area contributed by atoms with Crippen LogP contribution in [-0.4, -0.2) is 12.3 Å². The number of hydrogen-bond donors (Lipinski definition) is 0. The fourth-order valence-electron chi connectivity index (χ4n) is 3.00. The van der Waals surface area contributed by atoms with Gasteiger partial charge in [-0.15, -0.1) is 0 Å². The summed E-state index contributed by atoms with van der Waals surface area (Å²) < 4.78 is 5.73. The Kier molecular flexibility index (Phi) is 7.56. The number of hydrogen-bond acceptors (Lipinski definition) is 2. The lowest BCUT2D eigenvalue weighted by Crippen LogP contribution is -3.00. The fourth-order valence-corrected chi connectivity index (χ4v) is 6.67. The molecule has 2 nitrogen and oxygen atoms in total. The van der Waals surface area contributed by atoms with Crippen molar-refractivity contribution in [1.82, 2.24) is 0 Å². The first-order valence-electron chi connectivity index (χ1n) is 8.53. The van der Waals surface area contributed by atoms with Crippen molar-refractivity contribution in [3.8, 4) is 0 Å². The molecule has 26 heavy (non-hydrogen) atoms. The Morgan fingerprint density at radius 3 is 1.38 bits per heavy atom. The van der Waals surface area contributed by atoms with Crippen molar-refractivity contribution in [3.63, 3.8) is 0 Å². The van der Waals surface area contributed by atoms with Crippen LogP contribution in [0.25, 0.3) is 0 Å². The van der Waals surface area contributed by atoms with E-state index in [2.05, 4.69) is 0 Å². The summed E-state index contributed by atoms with van der Waals surface area (Å²) in [5.74, 6) is 0. The Hall–Kier alpha value is -1.96. The van der Waals surface area contributed by atoms with Gasteiger partial charge in [-0.05, 0) is 42.8 Å². The molecule has 0 unspecified atom stereocenters. The molecule has 3 aromatic carbocycles. The standard InChI is InChI=1S/C22H22O2P.BrH/c1-2-18-24-22(23)25(19-12-6-3-7-13-19,20-14-8-4-9-15-20)21-16-10-5-11-17-21;/h3-17H,2,18H2,1H3;1H/q+1;/p-1. The van der Waals surface area contributed by atoms with Crippen LogP contribution in [0.15, 0.2) is 91.0 Å². The molecule has 0 aromatic heterocycles. The van der Waals surface area contributed by atoms with Crippen LogP contribution in [0.2, 0.25) is 0 Å². The van der Waals surface area contributed by atoms with Gasteiger partial charge in [-0.2, -0.15) is 0 Å². The van der Waals surface area contributed by atoms with E-state index in [4.69, 9.17) is 4.74 Å².